The molecule has 0 bridgehead atoms. The zero-order valence-electron chi connectivity index (χ0n) is 12.4. The number of thiophene rings is 1. The average molecular weight is 351 g/mol. The molecule has 0 spiro atoms. The maximum atomic E-state index is 12.4. The van der Waals surface area contributed by atoms with E-state index in [1.807, 2.05) is 0 Å². The lowest BCUT2D eigenvalue weighted by atomic mass is 10.1. The van der Waals surface area contributed by atoms with Crippen molar-refractivity contribution in [1.29, 1.82) is 0 Å². The van der Waals surface area contributed by atoms with Gasteiger partial charge in [-0.3, -0.25) is 9.78 Å². The first-order valence-corrected chi connectivity index (χ1v) is 9.64. The Morgan fingerprint density at radius 2 is 1.91 bits per heavy atom. The number of nitrogens with one attached hydrogen (secondary N) is 1. The van der Waals surface area contributed by atoms with Crippen LogP contribution in [0.3, 0.4) is 0 Å². The van der Waals surface area contributed by atoms with E-state index in [1.165, 1.54) is 15.6 Å². The van der Waals surface area contributed by atoms with Crippen LogP contribution >= 0.6 is 11.3 Å². The van der Waals surface area contributed by atoms with Gasteiger partial charge in [-0.2, -0.15) is 4.31 Å². The van der Waals surface area contributed by atoms with E-state index in [1.54, 1.807) is 42.0 Å². The molecule has 0 radical (unpaired) electrons. The van der Waals surface area contributed by atoms with Crippen molar-refractivity contribution in [1.82, 2.24) is 14.6 Å². The number of hydrogen-bond donors (Lipinski definition) is 1. The van der Waals surface area contributed by atoms with Crippen LogP contribution in [0.4, 0.5) is 0 Å². The number of amides is 1. The van der Waals surface area contributed by atoms with E-state index in [-0.39, 0.29) is 11.9 Å². The van der Waals surface area contributed by atoms with Gasteiger partial charge < -0.3 is 5.32 Å². The number of hydrogen-bond acceptors (Lipinski definition) is 5. The number of sulfonamides is 1. The van der Waals surface area contributed by atoms with Crippen LogP contribution < -0.4 is 5.32 Å². The summed E-state index contributed by atoms with van der Waals surface area (Å²) in [6.45, 7) is 0.836. The predicted octanol–water partition coefficient (Wildman–Crippen LogP) is 1.73. The molecule has 122 valence electrons. The van der Waals surface area contributed by atoms with Crippen molar-refractivity contribution in [3.05, 3.63) is 47.6 Å². The van der Waals surface area contributed by atoms with Gasteiger partial charge in [-0.15, -0.1) is 11.3 Å². The summed E-state index contributed by atoms with van der Waals surface area (Å²) in [5, 5.41) is 4.71. The van der Waals surface area contributed by atoms with Gasteiger partial charge >= 0.3 is 0 Å². The van der Waals surface area contributed by atoms with Gasteiger partial charge in [0.25, 0.3) is 15.9 Å². The second-order valence-electron chi connectivity index (χ2n) is 5.32. The zero-order chi connectivity index (χ0) is 16.3. The summed E-state index contributed by atoms with van der Waals surface area (Å²) < 4.78 is 26.7. The molecular weight excluding hydrogens is 334 g/mol. The van der Waals surface area contributed by atoms with Crippen LogP contribution in [0.2, 0.25) is 0 Å². The molecule has 3 heterocycles. The van der Waals surface area contributed by atoms with Crippen molar-refractivity contribution in [2.75, 3.05) is 13.1 Å². The molecule has 2 aromatic heterocycles. The molecule has 8 heteroatoms. The smallest absolute Gasteiger partial charge is 0.252 e. The molecule has 2 aromatic rings. The number of carbonyl (C=O) groups excluding carboxylic acids is 1. The Labute approximate surface area is 139 Å². The Morgan fingerprint density at radius 3 is 2.52 bits per heavy atom. The van der Waals surface area contributed by atoms with Gasteiger partial charge in [-0.25, -0.2) is 8.42 Å². The number of carbonyl (C=O) groups is 1. The quantitative estimate of drug-likeness (QED) is 0.910. The molecular formula is C15H17N3O3S2. The molecule has 0 atom stereocenters. The number of aromatic nitrogens is 1. The topological polar surface area (TPSA) is 79.4 Å². The van der Waals surface area contributed by atoms with Crippen LogP contribution in [0.15, 0.2) is 46.2 Å². The second kappa shape index (κ2) is 6.77. The third-order valence-electron chi connectivity index (χ3n) is 3.82. The summed E-state index contributed by atoms with van der Waals surface area (Å²) in [4.78, 5) is 16.0. The van der Waals surface area contributed by atoms with Gasteiger partial charge in [0.2, 0.25) is 0 Å². The molecule has 0 unspecified atom stereocenters. The summed E-state index contributed by atoms with van der Waals surface area (Å²) in [6.07, 6.45) is 4.37. The van der Waals surface area contributed by atoms with Gasteiger partial charge in [0, 0.05) is 37.1 Å². The summed E-state index contributed by atoms with van der Waals surface area (Å²) in [5.74, 6) is -0.146. The molecule has 1 fully saturated rings. The van der Waals surface area contributed by atoms with Crippen LogP contribution in [-0.4, -0.2) is 42.7 Å². The standard InChI is InChI=1S/C15H17N3O3S2/c19-15(12-3-7-16-8-4-12)17-13-5-9-18(10-6-13)23(20,21)14-2-1-11-22-14/h1-4,7-8,11,13H,5-6,9-10H2,(H,17,19). The molecule has 6 nitrogen and oxygen atoms in total. The molecule has 0 aliphatic carbocycles. The minimum absolute atomic E-state index is 0.00884. The van der Waals surface area contributed by atoms with Crippen molar-refractivity contribution in [3.63, 3.8) is 0 Å². The lowest BCUT2D eigenvalue weighted by molar-refractivity contribution is 0.0923. The highest BCUT2D eigenvalue weighted by atomic mass is 32.2. The molecule has 0 saturated carbocycles. The van der Waals surface area contributed by atoms with E-state index in [0.29, 0.717) is 35.7 Å². The average Bonchev–Trinajstić information content (AvgIpc) is 3.11. The highest BCUT2D eigenvalue weighted by Crippen LogP contribution is 2.24. The van der Waals surface area contributed by atoms with Crippen LogP contribution in [0.5, 0.6) is 0 Å². The highest BCUT2D eigenvalue weighted by molar-refractivity contribution is 7.91. The molecule has 3 rings (SSSR count). The molecule has 1 saturated heterocycles. The van der Waals surface area contributed by atoms with Crippen molar-refractivity contribution in [2.45, 2.75) is 23.1 Å². The third-order valence-corrected chi connectivity index (χ3v) is 7.09. The number of pyridine rings is 1. The van der Waals surface area contributed by atoms with E-state index in [9.17, 15) is 13.2 Å². The van der Waals surface area contributed by atoms with Crippen molar-refractivity contribution in [2.24, 2.45) is 0 Å². The highest BCUT2D eigenvalue weighted by Gasteiger charge is 2.30. The van der Waals surface area contributed by atoms with E-state index >= 15 is 0 Å². The molecule has 1 aliphatic heterocycles. The number of nitrogens with zero attached hydrogens (tertiary/aromatic N) is 2. The van der Waals surface area contributed by atoms with Crippen LogP contribution in [0.25, 0.3) is 0 Å². The van der Waals surface area contributed by atoms with Crippen LogP contribution in [-0.2, 0) is 10.0 Å². The van der Waals surface area contributed by atoms with E-state index in [2.05, 4.69) is 10.3 Å². The maximum absolute atomic E-state index is 12.4. The molecule has 1 aliphatic rings. The third kappa shape index (κ3) is 3.60. The normalized spacial score (nSPS) is 17.0. The summed E-state index contributed by atoms with van der Waals surface area (Å²) in [7, 11) is -3.39. The minimum atomic E-state index is -3.39. The minimum Gasteiger partial charge on any atom is -0.349 e. The zero-order valence-corrected chi connectivity index (χ0v) is 14.0. The Kier molecular flexibility index (Phi) is 4.74. The predicted molar refractivity (Wildman–Crippen MR) is 87.8 cm³/mol. The fourth-order valence-electron chi connectivity index (χ4n) is 2.55. The summed E-state index contributed by atoms with van der Waals surface area (Å²) >= 11 is 1.23. The van der Waals surface area contributed by atoms with E-state index < -0.39 is 10.0 Å². The fraction of sp³-hybridized carbons (Fsp3) is 0.333. The van der Waals surface area contributed by atoms with Gasteiger partial charge in [0.15, 0.2) is 0 Å². The summed E-state index contributed by atoms with van der Waals surface area (Å²) in [5.41, 5.74) is 0.564. The Balaban J connectivity index is 1.58. The lowest BCUT2D eigenvalue weighted by Gasteiger charge is -2.31. The van der Waals surface area contributed by atoms with Gasteiger partial charge in [0.05, 0.1) is 0 Å². The number of rotatable bonds is 4. The van der Waals surface area contributed by atoms with Crippen LogP contribution in [0, 0.1) is 0 Å². The SMILES string of the molecule is O=C(NC1CCN(S(=O)(=O)c2cccs2)CC1)c1ccncc1. The van der Waals surface area contributed by atoms with Crippen molar-refractivity contribution >= 4 is 27.3 Å². The fourth-order valence-corrected chi connectivity index (χ4v) is 5.16. The Hall–Kier alpha value is -1.77. The maximum Gasteiger partial charge on any atom is 0.252 e. The molecule has 1 N–H and O–H groups in total. The summed E-state index contributed by atoms with van der Waals surface area (Å²) in [6, 6.07) is 6.67. The van der Waals surface area contributed by atoms with Crippen LogP contribution in [0.1, 0.15) is 23.2 Å². The molecule has 23 heavy (non-hydrogen) atoms. The van der Waals surface area contributed by atoms with E-state index in [0.717, 1.165) is 0 Å². The largest absolute Gasteiger partial charge is 0.349 e. The van der Waals surface area contributed by atoms with Gasteiger partial charge in [-0.1, -0.05) is 6.07 Å². The monoisotopic (exact) mass is 351 g/mol. The van der Waals surface area contributed by atoms with Crippen molar-refractivity contribution in [3.8, 4) is 0 Å². The lowest BCUT2D eigenvalue weighted by Crippen LogP contribution is -2.46. The Morgan fingerprint density at radius 1 is 1.22 bits per heavy atom. The second-order valence-corrected chi connectivity index (χ2v) is 8.43. The number of piperidine rings is 1. The van der Waals surface area contributed by atoms with Gasteiger partial charge in [-0.05, 0) is 36.4 Å². The first-order valence-electron chi connectivity index (χ1n) is 7.32. The van der Waals surface area contributed by atoms with Gasteiger partial charge in [0.1, 0.15) is 4.21 Å². The first-order chi connectivity index (χ1) is 11.1. The Bertz CT molecular complexity index is 753. The molecule has 0 aromatic carbocycles. The van der Waals surface area contributed by atoms with Crippen molar-refractivity contribution < 1.29 is 13.2 Å². The first kappa shape index (κ1) is 16.1. The van der Waals surface area contributed by atoms with E-state index in [4.69, 9.17) is 0 Å². The molecule has 1 amide bonds.